The lowest BCUT2D eigenvalue weighted by Crippen LogP contribution is -2.31. The summed E-state index contributed by atoms with van der Waals surface area (Å²) >= 11 is 0. The molecule has 0 radical (unpaired) electrons. The molecule has 8 nitrogen and oxygen atoms in total. The van der Waals surface area contributed by atoms with Gasteiger partial charge in [-0.2, -0.15) is 0 Å². The number of hydrogen-bond acceptors (Lipinski definition) is 8. The molecule has 0 aliphatic carbocycles. The summed E-state index contributed by atoms with van der Waals surface area (Å²) in [6.45, 7) is 16.9. The van der Waals surface area contributed by atoms with Crippen molar-refractivity contribution in [2.45, 2.75) is 99.1 Å². The van der Waals surface area contributed by atoms with Gasteiger partial charge >= 0.3 is 11.9 Å². The van der Waals surface area contributed by atoms with Gasteiger partial charge in [-0.3, -0.25) is 9.97 Å². The number of aromatic nitrogens is 2. The SMILES string of the molecule is CCC(CC)C(OCCOC(C)[C@@H](C)CC)OC(=O)c1ccnc(-c2cc(C(=O)OC(C)(C)CC)ccn2)c1. The molecule has 0 N–H and O–H groups in total. The molecule has 2 aromatic heterocycles. The van der Waals surface area contributed by atoms with Gasteiger partial charge in [0.15, 0.2) is 0 Å². The van der Waals surface area contributed by atoms with E-state index in [9.17, 15) is 9.59 Å². The van der Waals surface area contributed by atoms with Crippen LogP contribution in [0.2, 0.25) is 0 Å². The van der Waals surface area contributed by atoms with Gasteiger partial charge in [-0.05, 0) is 70.2 Å². The summed E-state index contributed by atoms with van der Waals surface area (Å²) in [4.78, 5) is 34.5. The number of pyridine rings is 2. The molecule has 0 aliphatic rings. The van der Waals surface area contributed by atoms with Crippen LogP contribution in [0.3, 0.4) is 0 Å². The molecular weight excluding hydrogens is 496 g/mol. The van der Waals surface area contributed by atoms with Crippen molar-refractivity contribution in [3.8, 4) is 11.4 Å². The van der Waals surface area contributed by atoms with E-state index in [1.807, 2.05) is 20.8 Å². The van der Waals surface area contributed by atoms with Crippen molar-refractivity contribution in [3.63, 3.8) is 0 Å². The van der Waals surface area contributed by atoms with Crippen LogP contribution < -0.4 is 0 Å². The number of carbonyl (C=O) groups is 2. The quantitative estimate of drug-likeness (QED) is 0.129. The van der Waals surface area contributed by atoms with Crippen LogP contribution in [0.4, 0.5) is 0 Å². The molecule has 3 atom stereocenters. The lowest BCUT2D eigenvalue weighted by molar-refractivity contribution is -0.154. The van der Waals surface area contributed by atoms with Crippen molar-refractivity contribution >= 4 is 11.9 Å². The molecule has 0 spiro atoms. The second-order valence-corrected chi connectivity index (χ2v) is 10.5. The summed E-state index contributed by atoms with van der Waals surface area (Å²) in [6, 6.07) is 6.41. The van der Waals surface area contributed by atoms with Crippen LogP contribution in [0.1, 0.15) is 102 Å². The van der Waals surface area contributed by atoms with Gasteiger partial charge in [0, 0.05) is 18.3 Å². The highest BCUT2D eigenvalue weighted by Crippen LogP contribution is 2.23. The zero-order valence-corrected chi connectivity index (χ0v) is 24.9. The van der Waals surface area contributed by atoms with E-state index >= 15 is 0 Å². The van der Waals surface area contributed by atoms with Crippen molar-refractivity contribution in [2.24, 2.45) is 11.8 Å². The van der Waals surface area contributed by atoms with Gasteiger partial charge in [-0.25, -0.2) is 9.59 Å². The first-order valence-electron chi connectivity index (χ1n) is 14.1. The molecule has 0 aliphatic heterocycles. The van der Waals surface area contributed by atoms with Gasteiger partial charge in [-0.1, -0.05) is 41.0 Å². The Morgan fingerprint density at radius 3 is 1.87 bits per heavy atom. The highest BCUT2D eigenvalue weighted by molar-refractivity contribution is 5.92. The standard InChI is InChI=1S/C31H46N2O6/c1-9-21(5)22(6)36-17-18-37-30(23(10-2)11-3)38-28(34)24-13-15-32-26(19-24)27-20-25(14-16-33-27)29(35)39-31(7,8)12-4/h13-16,19-23,30H,9-12,17-18H2,1-8H3/t21-,22?,30?/m0/s1. The molecule has 0 fully saturated rings. The lowest BCUT2D eigenvalue weighted by atomic mass is 10.0. The molecular formula is C31H46N2O6. The smallest absolute Gasteiger partial charge is 0.340 e. The molecule has 216 valence electrons. The van der Waals surface area contributed by atoms with Crippen molar-refractivity contribution in [1.82, 2.24) is 9.97 Å². The minimum atomic E-state index is -0.690. The number of carbonyl (C=O) groups excluding carboxylic acids is 2. The maximum absolute atomic E-state index is 13.2. The summed E-state index contributed by atoms with van der Waals surface area (Å²) in [5.41, 5.74) is 1.01. The molecule has 0 amide bonds. The van der Waals surface area contributed by atoms with Crippen LogP contribution in [0.15, 0.2) is 36.7 Å². The number of nitrogens with zero attached hydrogens (tertiary/aromatic N) is 2. The minimum Gasteiger partial charge on any atom is -0.456 e. The predicted octanol–water partition coefficient (Wildman–Crippen LogP) is 6.88. The Balaban J connectivity index is 2.13. The molecule has 0 saturated carbocycles. The third-order valence-electron chi connectivity index (χ3n) is 7.32. The zero-order chi connectivity index (χ0) is 29.0. The largest absolute Gasteiger partial charge is 0.456 e. The van der Waals surface area contributed by atoms with Crippen molar-refractivity contribution < 1.29 is 28.5 Å². The molecule has 2 unspecified atom stereocenters. The van der Waals surface area contributed by atoms with Gasteiger partial charge in [0.25, 0.3) is 0 Å². The van der Waals surface area contributed by atoms with Crippen LogP contribution in [0, 0.1) is 11.8 Å². The van der Waals surface area contributed by atoms with Crippen molar-refractivity contribution in [1.29, 1.82) is 0 Å². The van der Waals surface area contributed by atoms with Crippen LogP contribution in [-0.4, -0.2) is 53.1 Å². The van der Waals surface area contributed by atoms with E-state index in [1.165, 1.54) is 12.4 Å². The highest BCUT2D eigenvalue weighted by atomic mass is 16.7. The normalized spacial score (nSPS) is 14.1. The predicted molar refractivity (Wildman–Crippen MR) is 151 cm³/mol. The Morgan fingerprint density at radius 1 is 0.821 bits per heavy atom. The van der Waals surface area contributed by atoms with E-state index in [-0.39, 0.29) is 12.0 Å². The van der Waals surface area contributed by atoms with E-state index in [0.29, 0.717) is 48.1 Å². The molecule has 2 aromatic rings. The maximum Gasteiger partial charge on any atom is 0.340 e. The Kier molecular flexibility index (Phi) is 13.0. The average molecular weight is 543 g/mol. The average Bonchev–Trinajstić information content (AvgIpc) is 2.94. The Hall–Kier alpha value is -2.84. The topological polar surface area (TPSA) is 96.8 Å². The Morgan fingerprint density at radius 2 is 1.36 bits per heavy atom. The summed E-state index contributed by atoms with van der Waals surface area (Å²) in [6.07, 6.45) is 5.84. The molecule has 8 heteroatoms. The van der Waals surface area contributed by atoms with Gasteiger partial charge in [0.2, 0.25) is 6.29 Å². The van der Waals surface area contributed by atoms with Crippen LogP contribution >= 0.6 is 0 Å². The molecule has 0 bridgehead atoms. The van der Waals surface area contributed by atoms with E-state index in [4.69, 9.17) is 18.9 Å². The number of esters is 2. The maximum atomic E-state index is 13.2. The number of rotatable bonds is 16. The number of ether oxygens (including phenoxy) is 4. The molecule has 39 heavy (non-hydrogen) atoms. The van der Waals surface area contributed by atoms with Crippen LogP contribution in [0.25, 0.3) is 11.4 Å². The zero-order valence-electron chi connectivity index (χ0n) is 24.9. The van der Waals surface area contributed by atoms with Crippen LogP contribution in [-0.2, 0) is 18.9 Å². The lowest BCUT2D eigenvalue weighted by Gasteiger charge is -2.26. The number of hydrogen-bond donors (Lipinski definition) is 0. The molecule has 2 heterocycles. The van der Waals surface area contributed by atoms with Gasteiger partial charge < -0.3 is 18.9 Å². The van der Waals surface area contributed by atoms with Gasteiger partial charge in [-0.15, -0.1) is 0 Å². The Bertz CT molecular complexity index is 1050. The van der Waals surface area contributed by atoms with E-state index in [2.05, 4.69) is 44.6 Å². The van der Waals surface area contributed by atoms with Crippen LogP contribution in [0.5, 0.6) is 0 Å². The summed E-state index contributed by atoms with van der Waals surface area (Å²) in [5, 5.41) is 0. The van der Waals surface area contributed by atoms with Gasteiger partial charge in [0.05, 0.1) is 41.8 Å². The summed E-state index contributed by atoms with van der Waals surface area (Å²) in [7, 11) is 0. The third kappa shape index (κ3) is 10.0. The second kappa shape index (κ2) is 15.7. The summed E-state index contributed by atoms with van der Waals surface area (Å²) in [5.74, 6) is -0.431. The second-order valence-electron chi connectivity index (χ2n) is 10.5. The fraction of sp³-hybridized carbons (Fsp3) is 0.613. The van der Waals surface area contributed by atoms with Gasteiger partial charge in [0.1, 0.15) is 5.60 Å². The minimum absolute atomic E-state index is 0.0546. The first-order valence-corrected chi connectivity index (χ1v) is 14.1. The third-order valence-corrected chi connectivity index (χ3v) is 7.32. The molecule has 2 rings (SSSR count). The molecule has 0 aromatic carbocycles. The highest BCUT2D eigenvalue weighted by Gasteiger charge is 2.25. The van der Waals surface area contributed by atoms with Crippen molar-refractivity contribution in [2.75, 3.05) is 13.2 Å². The fourth-order valence-electron chi connectivity index (χ4n) is 3.79. The summed E-state index contributed by atoms with van der Waals surface area (Å²) < 4.78 is 23.3. The molecule has 0 saturated heterocycles. The Labute approximate surface area is 233 Å². The van der Waals surface area contributed by atoms with E-state index in [1.54, 1.807) is 24.3 Å². The first-order chi connectivity index (χ1) is 18.5. The monoisotopic (exact) mass is 542 g/mol. The fourth-order valence-corrected chi connectivity index (χ4v) is 3.79. The van der Waals surface area contributed by atoms with E-state index in [0.717, 1.165) is 19.3 Å². The van der Waals surface area contributed by atoms with E-state index < -0.39 is 23.8 Å². The first kappa shape index (κ1) is 32.4. The van der Waals surface area contributed by atoms with Crippen molar-refractivity contribution in [3.05, 3.63) is 47.8 Å².